The van der Waals surface area contributed by atoms with Crippen molar-refractivity contribution >= 4 is 17.9 Å². The van der Waals surface area contributed by atoms with Crippen LogP contribution in [0.2, 0.25) is 0 Å². The Morgan fingerprint density at radius 1 is 0.266 bits per heavy atom. The van der Waals surface area contributed by atoms with E-state index in [4.69, 9.17) is 14.2 Å². The molecule has 0 amide bonds. The minimum atomic E-state index is -0.829. The molecule has 0 radical (unpaired) electrons. The highest BCUT2D eigenvalue weighted by Gasteiger charge is 2.19. The summed E-state index contributed by atoms with van der Waals surface area (Å²) >= 11 is 0. The standard InChI is InChI=1S/C73H114O6/c1-4-7-10-13-16-19-22-25-27-29-30-31-32-33-34-35-36-37-38-39-40-41-42-44-45-48-51-54-57-60-63-66-72(75)78-69-70(68-77-71(74)65-62-59-56-53-50-47-24-21-18-15-12-9-6-3)79-73(76)67-64-61-58-55-52-49-46-43-28-26-23-20-17-14-11-8-5-2/h7-8,10-11,16-17,19-20,25-28,30-31,33-34,36-37,39-40,42,44,46,48-49,51,55,58,70H,4-6,9,12-15,18,21-24,29,32,35,38,41,43,45,47,50,52-54,56-57,59-69H2,1-3H3/b10-7-,11-8-,19-16-,20-17-,27-25-,28-26-,31-30-,34-33-,37-36-,40-39-,44-42-,49-46-,51-48-,58-55-. The molecule has 442 valence electrons. The third-order valence-corrected chi connectivity index (χ3v) is 12.7. The highest BCUT2D eigenvalue weighted by Crippen LogP contribution is 2.14. The average molecular weight is 1090 g/mol. The van der Waals surface area contributed by atoms with Crippen LogP contribution in [0.25, 0.3) is 0 Å². The number of esters is 3. The van der Waals surface area contributed by atoms with E-state index in [9.17, 15) is 14.4 Å². The Morgan fingerprint density at radius 3 is 0.810 bits per heavy atom. The van der Waals surface area contributed by atoms with Crippen molar-refractivity contribution < 1.29 is 28.6 Å². The molecule has 0 N–H and O–H groups in total. The third-order valence-electron chi connectivity index (χ3n) is 12.7. The van der Waals surface area contributed by atoms with Crippen molar-refractivity contribution in [2.45, 2.75) is 258 Å². The highest BCUT2D eigenvalue weighted by molar-refractivity contribution is 5.71. The molecular weight excluding hydrogens is 973 g/mol. The summed E-state index contributed by atoms with van der Waals surface area (Å²) in [7, 11) is 0. The molecule has 0 bridgehead atoms. The molecule has 0 rings (SSSR count). The van der Waals surface area contributed by atoms with Gasteiger partial charge >= 0.3 is 17.9 Å². The van der Waals surface area contributed by atoms with Crippen LogP contribution in [-0.4, -0.2) is 37.2 Å². The van der Waals surface area contributed by atoms with Gasteiger partial charge in [-0.1, -0.05) is 274 Å². The second-order valence-corrected chi connectivity index (χ2v) is 20.2. The third kappa shape index (κ3) is 63.5. The van der Waals surface area contributed by atoms with Gasteiger partial charge in [-0.15, -0.1) is 0 Å². The number of ether oxygens (including phenoxy) is 3. The fraction of sp³-hybridized carbons (Fsp3) is 0.575. The van der Waals surface area contributed by atoms with Gasteiger partial charge in [-0.25, -0.2) is 0 Å². The summed E-state index contributed by atoms with van der Waals surface area (Å²) in [6.45, 7) is 6.33. The fourth-order valence-corrected chi connectivity index (χ4v) is 8.06. The Bertz CT molecular complexity index is 1820. The van der Waals surface area contributed by atoms with Gasteiger partial charge in [0.2, 0.25) is 0 Å². The summed E-state index contributed by atoms with van der Waals surface area (Å²) in [4.78, 5) is 38.2. The van der Waals surface area contributed by atoms with Crippen molar-refractivity contribution in [2.24, 2.45) is 0 Å². The summed E-state index contributed by atoms with van der Waals surface area (Å²) in [6.07, 6.45) is 96.5. The first-order chi connectivity index (χ1) is 39.0. The predicted octanol–water partition coefficient (Wildman–Crippen LogP) is 21.9. The van der Waals surface area contributed by atoms with Crippen molar-refractivity contribution in [3.8, 4) is 0 Å². The first kappa shape index (κ1) is 73.8. The lowest BCUT2D eigenvalue weighted by Crippen LogP contribution is -2.30. The maximum Gasteiger partial charge on any atom is 0.306 e. The van der Waals surface area contributed by atoms with E-state index in [1.165, 1.54) is 64.2 Å². The van der Waals surface area contributed by atoms with Gasteiger partial charge in [0, 0.05) is 19.3 Å². The van der Waals surface area contributed by atoms with E-state index in [1.807, 2.05) is 0 Å². The lowest BCUT2D eigenvalue weighted by Gasteiger charge is -2.18. The van der Waals surface area contributed by atoms with Crippen LogP contribution in [0.3, 0.4) is 0 Å². The number of hydrogen-bond acceptors (Lipinski definition) is 6. The van der Waals surface area contributed by atoms with Gasteiger partial charge in [0.1, 0.15) is 13.2 Å². The zero-order chi connectivity index (χ0) is 57.1. The van der Waals surface area contributed by atoms with Crippen molar-refractivity contribution in [2.75, 3.05) is 13.2 Å². The van der Waals surface area contributed by atoms with E-state index >= 15 is 0 Å². The molecule has 79 heavy (non-hydrogen) atoms. The molecule has 6 heteroatoms. The van der Waals surface area contributed by atoms with Crippen molar-refractivity contribution in [3.63, 3.8) is 0 Å². The molecule has 0 aliphatic heterocycles. The zero-order valence-electron chi connectivity index (χ0n) is 50.6. The van der Waals surface area contributed by atoms with Crippen LogP contribution in [0.4, 0.5) is 0 Å². The molecule has 0 saturated carbocycles. The zero-order valence-corrected chi connectivity index (χ0v) is 50.6. The summed E-state index contributed by atoms with van der Waals surface area (Å²) < 4.78 is 16.8. The molecule has 0 aromatic heterocycles. The Balaban J connectivity index is 4.46. The first-order valence-electron chi connectivity index (χ1n) is 31.6. The largest absolute Gasteiger partial charge is 0.462 e. The Kier molecular flexibility index (Phi) is 61.0. The Morgan fingerprint density at radius 2 is 0.506 bits per heavy atom. The summed E-state index contributed by atoms with van der Waals surface area (Å²) in [5.74, 6) is -1.02. The average Bonchev–Trinajstić information content (AvgIpc) is 3.45. The number of allylic oxidation sites excluding steroid dienone is 28. The predicted molar refractivity (Wildman–Crippen MR) is 343 cm³/mol. The second-order valence-electron chi connectivity index (χ2n) is 20.2. The second kappa shape index (κ2) is 65.3. The molecule has 6 nitrogen and oxygen atoms in total. The van der Waals surface area contributed by atoms with Crippen LogP contribution < -0.4 is 0 Å². The Labute approximate surface area is 485 Å². The highest BCUT2D eigenvalue weighted by atomic mass is 16.6. The van der Waals surface area contributed by atoms with Gasteiger partial charge in [-0.3, -0.25) is 14.4 Å². The van der Waals surface area contributed by atoms with Gasteiger partial charge in [0.05, 0.1) is 0 Å². The molecule has 0 aromatic rings. The monoisotopic (exact) mass is 1090 g/mol. The lowest BCUT2D eigenvalue weighted by atomic mass is 10.0. The van der Waals surface area contributed by atoms with Crippen LogP contribution in [0.5, 0.6) is 0 Å². The van der Waals surface area contributed by atoms with Crippen LogP contribution in [-0.2, 0) is 28.6 Å². The SMILES string of the molecule is CC/C=C\C/C=C\C/C=C\C/C=C\C/C=C\C/C=C\C/C=C\C/C=C\C/C=C\CCCCCC(=O)OCC(COC(=O)CCCCCCCCCCCCCCC)OC(=O)CCC/C=C\C/C=C\C/C=C\C/C=C\C/C=C\CC. The molecule has 0 spiro atoms. The van der Waals surface area contributed by atoms with Gasteiger partial charge in [0.15, 0.2) is 6.10 Å². The summed E-state index contributed by atoms with van der Waals surface area (Å²) in [5, 5.41) is 0. The quantitative estimate of drug-likeness (QED) is 0.0261. The Hall–Kier alpha value is -5.23. The van der Waals surface area contributed by atoms with Crippen molar-refractivity contribution in [1.82, 2.24) is 0 Å². The van der Waals surface area contributed by atoms with E-state index < -0.39 is 6.10 Å². The van der Waals surface area contributed by atoms with E-state index in [0.717, 1.165) is 141 Å². The molecule has 0 aromatic carbocycles. The first-order valence-corrected chi connectivity index (χ1v) is 31.6. The molecule has 0 saturated heterocycles. The van der Waals surface area contributed by atoms with Crippen molar-refractivity contribution in [1.29, 1.82) is 0 Å². The summed E-state index contributed by atoms with van der Waals surface area (Å²) in [5.41, 5.74) is 0. The number of carbonyl (C=O) groups excluding carboxylic acids is 3. The molecule has 1 atom stereocenters. The van der Waals surface area contributed by atoms with E-state index in [-0.39, 0.29) is 37.5 Å². The van der Waals surface area contributed by atoms with Gasteiger partial charge in [0.25, 0.3) is 0 Å². The lowest BCUT2D eigenvalue weighted by molar-refractivity contribution is -0.167. The van der Waals surface area contributed by atoms with E-state index in [2.05, 4.69) is 191 Å². The molecular formula is C73H114O6. The van der Waals surface area contributed by atoms with Crippen LogP contribution in [0.15, 0.2) is 170 Å². The normalized spacial score (nSPS) is 13.3. The van der Waals surface area contributed by atoms with Crippen molar-refractivity contribution in [3.05, 3.63) is 170 Å². The maximum atomic E-state index is 12.9. The fourth-order valence-electron chi connectivity index (χ4n) is 8.06. The van der Waals surface area contributed by atoms with E-state index in [0.29, 0.717) is 19.3 Å². The number of rotatable bonds is 55. The van der Waals surface area contributed by atoms with E-state index in [1.54, 1.807) is 0 Å². The molecule has 1 unspecified atom stereocenters. The number of hydrogen-bond donors (Lipinski definition) is 0. The molecule has 0 aliphatic carbocycles. The minimum Gasteiger partial charge on any atom is -0.462 e. The van der Waals surface area contributed by atoms with Gasteiger partial charge < -0.3 is 14.2 Å². The summed E-state index contributed by atoms with van der Waals surface area (Å²) in [6, 6.07) is 0. The van der Waals surface area contributed by atoms with Gasteiger partial charge in [-0.05, 0) is 128 Å². The molecule has 0 fully saturated rings. The number of carbonyl (C=O) groups is 3. The minimum absolute atomic E-state index is 0.117. The molecule has 0 aliphatic rings. The van der Waals surface area contributed by atoms with Gasteiger partial charge in [-0.2, -0.15) is 0 Å². The molecule has 0 heterocycles. The smallest absolute Gasteiger partial charge is 0.306 e. The van der Waals surface area contributed by atoms with Crippen LogP contribution >= 0.6 is 0 Å². The van der Waals surface area contributed by atoms with Crippen LogP contribution in [0, 0.1) is 0 Å². The topological polar surface area (TPSA) is 78.9 Å². The number of unbranched alkanes of at least 4 members (excludes halogenated alkanes) is 16. The van der Waals surface area contributed by atoms with Crippen LogP contribution in [0.1, 0.15) is 252 Å². The maximum absolute atomic E-state index is 12.9.